The van der Waals surface area contributed by atoms with Crippen molar-refractivity contribution >= 4 is 31.4 Å². The molecule has 0 N–H and O–H groups in total. The minimum absolute atomic E-state index is 0.311. The molecule has 1 aromatic carbocycles. The normalized spacial score (nSPS) is 15.4. The van der Waals surface area contributed by atoms with E-state index in [0.717, 1.165) is 6.42 Å². The molecule has 0 saturated heterocycles. The van der Waals surface area contributed by atoms with Gasteiger partial charge in [-0.1, -0.05) is 53.8 Å². The lowest BCUT2D eigenvalue weighted by Crippen LogP contribution is -2.57. The molecule has 0 aliphatic carbocycles. The van der Waals surface area contributed by atoms with Gasteiger partial charge in [-0.25, -0.2) is 0 Å². The largest absolute Gasteiger partial charge is 0.521 e. The van der Waals surface area contributed by atoms with E-state index in [-0.39, 0.29) is 3.04 Å². The van der Waals surface area contributed by atoms with Crippen LogP contribution in [0, 0.1) is 0 Å². The maximum Gasteiger partial charge on any atom is 0.521 e. The summed E-state index contributed by atoms with van der Waals surface area (Å²) >= 11 is 2.38. The fourth-order valence-electron chi connectivity index (χ4n) is 2.09. The lowest BCUT2D eigenvalue weighted by molar-refractivity contribution is 0.112. The van der Waals surface area contributed by atoms with Crippen molar-refractivity contribution in [2.24, 2.45) is 0 Å². The van der Waals surface area contributed by atoms with Crippen LogP contribution in [0.25, 0.3) is 0 Å². The second kappa shape index (κ2) is 6.47. The summed E-state index contributed by atoms with van der Waals surface area (Å²) in [4.78, 5) is 0. The molecule has 0 aromatic heterocycles. The van der Waals surface area contributed by atoms with Gasteiger partial charge in [-0.2, -0.15) is 0 Å². The van der Waals surface area contributed by atoms with Crippen LogP contribution in [-0.2, 0) is 22.7 Å². The molecule has 0 aliphatic heterocycles. The van der Waals surface area contributed by atoms with Crippen LogP contribution in [0.4, 0.5) is 0 Å². The second-order valence-electron chi connectivity index (χ2n) is 4.23. The van der Waals surface area contributed by atoms with Crippen molar-refractivity contribution in [1.82, 2.24) is 0 Å². The average Bonchev–Trinajstić information content (AvgIpc) is 2.41. The summed E-state index contributed by atoms with van der Waals surface area (Å²) in [5.74, 6) is 0. The molecule has 0 spiro atoms. The first-order chi connectivity index (χ1) is 8.47. The molecule has 0 bridgehead atoms. The van der Waals surface area contributed by atoms with Crippen molar-refractivity contribution in [1.29, 1.82) is 0 Å². The van der Waals surface area contributed by atoms with E-state index in [4.69, 9.17) is 13.3 Å². The van der Waals surface area contributed by atoms with E-state index >= 15 is 0 Å². The van der Waals surface area contributed by atoms with E-state index in [1.165, 1.54) is 11.1 Å². The molecule has 0 heterocycles. The number of rotatable bonds is 6. The molecule has 1 atom stereocenters. The molecule has 5 heteroatoms. The molecule has 102 valence electrons. The molecule has 0 fully saturated rings. The Bertz CT molecular complexity index is 383. The zero-order valence-electron chi connectivity index (χ0n) is 11.6. The zero-order valence-corrected chi connectivity index (χ0v) is 14.8. The summed E-state index contributed by atoms with van der Waals surface area (Å²) < 4.78 is 16.5. The van der Waals surface area contributed by atoms with Crippen LogP contribution in [0.2, 0.25) is 0 Å². The zero-order chi connectivity index (χ0) is 13.8. The van der Waals surface area contributed by atoms with Crippen LogP contribution in [0.5, 0.6) is 0 Å². The van der Waals surface area contributed by atoms with Crippen molar-refractivity contribution in [3.8, 4) is 0 Å². The number of aryl methyl sites for hydroxylation is 1. The van der Waals surface area contributed by atoms with E-state index < -0.39 is 8.80 Å². The van der Waals surface area contributed by atoms with E-state index in [2.05, 4.69) is 60.7 Å². The van der Waals surface area contributed by atoms with Gasteiger partial charge < -0.3 is 13.3 Å². The number of alkyl halides is 1. The Labute approximate surface area is 124 Å². The Hall–Kier alpha value is 0.0469. The van der Waals surface area contributed by atoms with Gasteiger partial charge in [0.1, 0.15) is 3.04 Å². The number of halogens is 1. The summed E-state index contributed by atoms with van der Waals surface area (Å²) in [6.45, 7) is 4.25. The van der Waals surface area contributed by atoms with Gasteiger partial charge in [0.2, 0.25) is 0 Å². The highest BCUT2D eigenvalue weighted by atomic mass is 127. The minimum Gasteiger partial charge on any atom is -0.376 e. The highest BCUT2D eigenvalue weighted by Gasteiger charge is 2.56. The molecule has 0 radical (unpaired) electrons. The average molecular weight is 380 g/mol. The van der Waals surface area contributed by atoms with Crippen LogP contribution >= 0.6 is 22.6 Å². The van der Waals surface area contributed by atoms with Crippen molar-refractivity contribution in [2.75, 3.05) is 21.3 Å². The number of hydrogen-bond donors (Lipinski definition) is 0. The van der Waals surface area contributed by atoms with Gasteiger partial charge in [-0.05, 0) is 24.5 Å². The first-order valence-corrected chi connectivity index (χ1v) is 8.71. The van der Waals surface area contributed by atoms with Crippen molar-refractivity contribution in [2.45, 2.75) is 23.3 Å². The highest BCUT2D eigenvalue weighted by molar-refractivity contribution is 14.1. The predicted molar refractivity (Wildman–Crippen MR) is 84.0 cm³/mol. The SMILES string of the molecule is CCc1cccc(C(C)(I)[Si](OC)(OC)OC)c1. The maximum absolute atomic E-state index is 5.62. The Morgan fingerprint density at radius 2 is 1.72 bits per heavy atom. The van der Waals surface area contributed by atoms with Gasteiger partial charge in [-0.15, -0.1) is 0 Å². The Kier molecular flexibility index (Phi) is 5.79. The molecular formula is C13H21IO3Si. The summed E-state index contributed by atoms with van der Waals surface area (Å²) in [6.07, 6.45) is 1.02. The molecule has 1 unspecified atom stereocenters. The number of hydrogen-bond acceptors (Lipinski definition) is 3. The molecule has 0 saturated carbocycles. The van der Waals surface area contributed by atoms with Gasteiger partial charge in [0.05, 0.1) is 0 Å². The Morgan fingerprint density at radius 1 is 1.17 bits per heavy atom. The first kappa shape index (κ1) is 16.1. The smallest absolute Gasteiger partial charge is 0.376 e. The summed E-state index contributed by atoms with van der Waals surface area (Å²) in [7, 11) is 2.22. The highest BCUT2D eigenvalue weighted by Crippen LogP contribution is 2.41. The second-order valence-corrected chi connectivity index (χ2v) is 10.7. The monoisotopic (exact) mass is 380 g/mol. The van der Waals surface area contributed by atoms with Crippen LogP contribution in [-0.4, -0.2) is 30.1 Å². The quantitative estimate of drug-likeness (QED) is 0.431. The van der Waals surface area contributed by atoms with Crippen LogP contribution in [0.15, 0.2) is 24.3 Å². The topological polar surface area (TPSA) is 27.7 Å². The van der Waals surface area contributed by atoms with Crippen molar-refractivity contribution in [3.05, 3.63) is 35.4 Å². The standard InChI is InChI=1S/C13H21IO3Si/c1-6-11-8-7-9-12(10-11)13(2,14)18(15-3,16-4)17-5/h7-10H,6H2,1-5H3. The third-order valence-electron chi connectivity index (χ3n) is 3.26. The van der Waals surface area contributed by atoms with Crippen LogP contribution in [0.3, 0.4) is 0 Å². The molecule has 0 amide bonds. The van der Waals surface area contributed by atoms with Gasteiger partial charge in [-0.3, -0.25) is 0 Å². The molecule has 0 aliphatic rings. The van der Waals surface area contributed by atoms with Crippen LogP contribution in [0.1, 0.15) is 25.0 Å². The maximum atomic E-state index is 5.62. The van der Waals surface area contributed by atoms with Gasteiger partial charge >= 0.3 is 8.80 Å². The lowest BCUT2D eigenvalue weighted by Gasteiger charge is -2.37. The van der Waals surface area contributed by atoms with E-state index in [9.17, 15) is 0 Å². The van der Waals surface area contributed by atoms with Gasteiger partial charge in [0.25, 0.3) is 0 Å². The molecular weight excluding hydrogens is 359 g/mol. The fourth-order valence-corrected chi connectivity index (χ4v) is 6.56. The van der Waals surface area contributed by atoms with Crippen molar-refractivity contribution in [3.63, 3.8) is 0 Å². The minimum atomic E-state index is -2.73. The number of benzene rings is 1. The van der Waals surface area contributed by atoms with Crippen LogP contribution < -0.4 is 0 Å². The van der Waals surface area contributed by atoms with Gasteiger partial charge in [0, 0.05) is 21.3 Å². The molecule has 1 aromatic rings. The molecule has 3 nitrogen and oxygen atoms in total. The summed E-state index contributed by atoms with van der Waals surface area (Å²) in [6, 6.07) is 8.51. The van der Waals surface area contributed by atoms with Gasteiger partial charge in [0.15, 0.2) is 0 Å². The van der Waals surface area contributed by atoms with E-state index in [1.807, 2.05) is 0 Å². The summed E-state index contributed by atoms with van der Waals surface area (Å²) in [5.41, 5.74) is 2.49. The lowest BCUT2D eigenvalue weighted by atomic mass is 10.1. The molecule has 18 heavy (non-hydrogen) atoms. The van der Waals surface area contributed by atoms with E-state index in [1.54, 1.807) is 21.3 Å². The predicted octanol–water partition coefficient (Wildman–Crippen LogP) is 3.32. The Balaban J connectivity index is 3.25. The fraction of sp³-hybridized carbons (Fsp3) is 0.538. The molecule has 1 rings (SSSR count). The first-order valence-electron chi connectivity index (χ1n) is 5.91. The third-order valence-corrected chi connectivity index (χ3v) is 8.91. The third kappa shape index (κ3) is 2.80. The Morgan fingerprint density at radius 3 is 2.17 bits per heavy atom. The van der Waals surface area contributed by atoms with E-state index in [0.29, 0.717) is 0 Å². The van der Waals surface area contributed by atoms with Crippen molar-refractivity contribution < 1.29 is 13.3 Å². The summed E-state index contributed by atoms with van der Waals surface area (Å²) in [5, 5.41) is 0.